The lowest BCUT2D eigenvalue weighted by Crippen LogP contribution is -2.31. The van der Waals surface area contributed by atoms with Crippen molar-refractivity contribution in [3.63, 3.8) is 0 Å². The SMILES string of the molecule is Cc1nc2nnc3ccc(C(=O)NCCN(C)C)cc3c2n1-c1ccccc1. The summed E-state index contributed by atoms with van der Waals surface area (Å²) in [5.74, 6) is 0.722. The molecule has 2 aromatic heterocycles. The van der Waals surface area contributed by atoms with Crippen molar-refractivity contribution in [3.8, 4) is 5.69 Å². The fourth-order valence-electron chi connectivity index (χ4n) is 3.27. The maximum Gasteiger partial charge on any atom is 0.251 e. The number of aryl methyl sites for hydroxylation is 1. The van der Waals surface area contributed by atoms with Crippen LogP contribution in [0.4, 0.5) is 0 Å². The number of hydrogen-bond acceptors (Lipinski definition) is 5. The number of likely N-dealkylation sites (N-methyl/N-ethyl adjacent to an activating group) is 1. The largest absolute Gasteiger partial charge is 0.351 e. The number of fused-ring (bicyclic) bond motifs is 3. The molecule has 0 aliphatic rings. The first-order valence-electron chi connectivity index (χ1n) is 9.18. The third kappa shape index (κ3) is 3.32. The van der Waals surface area contributed by atoms with Crippen LogP contribution in [0.1, 0.15) is 16.2 Å². The first kappa shape index (κ1) is 18.1. The van der Waals surface area contributed by atoms with Gasteiger partial charge >= 0.3 is 0 Å². The van der Waals surface area contributed by atoms with E-state index in [0.717, 1.165) is 34.5 Å². The van der Waals surface area contributed by atoms with Gasteiger partial charge in [0.1, 0.15) is 11.3 Å². The summed E-state index contributed by atoms with van der Waals surface area (Å²) >= 11 is 0. The summed E-state index contributed by atoms with van der Waals surface area (Å²) in [6, 6.07) is 15.5. The predicted molar refractivity (Wildman–Crippen MR) is 110 cm³/mol. The van der Waals surface area contributed by atoms with Crippen molar-refractivity contribution < 1.29 is 4.79 Å². The highest BCUT2D eigenvalue weighted by Crippen LogP contribution is 2.27. The molecule has 2 heterocycles. The molecular formula is C21H22N6O. The molecular weight excluding hydrogens is 352 g/mol. The Morgan fingerprint density at radius 1 is 1.11 bits per heavy atom. The lowest BCUT2D eigenvalue weighted by atomic mass is 10.1. The number of amides is 1. The number of rotatable bonds is 5. The van der Waals surface area contributed by atoms with Crippen LogP contribution in [0.15, 0.2) is 48.5 Å². The Morgan fingerprint density at radius 3 is 2.64 bits per heavy atom. The van der Waals surface area contributed by atoms with Gasteiger partial charge in [-0.1, -0.05) is 18.2 Å². The average Bonchev–Trinajstić information content (AvgIpc) is 3.04. The van der Waals surface area contributed by atoms with Gasteiger partial charge in [-0.25, -0.2) is 4.98 Å². The minimum absolute atomic E-state index is 0.101. The van der Waals surface area contributed by atoms with Crippen LogP contribution in [0.3, 0.4) is 0 Å². The number of para-hydroxylation sites is 1. The van der Waals surface area contributed by atoms with Crippen LogP contribution in [0, 0.1) is 6.92 Å². The Hall–Kier alpha value is -3.32. The summed E-state index contributed by atoms with van der Waals surface area (Å²) in [7, 11) is 3.95. The topological polar surface area (TPSA) is 75.9 Å². The minimum Gasteiger partial charge on any atom is -0.351 e. The highest BCUT2D eigenvalue weighted by Gasteiger charge is 2.16. The Bertz CT molecular complexity index is 1150. The standard InChI is InChI=1S/C21H22N6O/c1-14-23-20-19(27(14)16-7-5-4-6-8-16)17-13-15(9-10-18(17)24-25-20)21(28)22-11-12-26(2)3/h4-10,13H,11-12H2,1-3H3,(H,22,28). The molecule has 0 atom stereocenters. The summed E-state index contributed by atoms with van der Waals surface area (Å²) in [5.41, 5.74) is 3.75. The van der Waals surface area contributed by atoms with Gasteiger partial charge in [0.05, 0.1) is 5.52 Å². The van der Waals surface area contributed by atoms with Crippen molar-refractivity contribution in [2.75, 3.05) is 27.2 Å². The molecule has 1 amide bonds. The van der Waals surface area contributed by atoms with Gasteiger partial charge in [0.25, 0.3) is 5.91 Å². The van der Waals surface area contributed by atoms with Crippen molar-refractivity contribution in [1.29, 1.82) is 0 Å². The number of nitrogens with one attached hydrogen (secondary N) is 1. The Balaban J connectivity index is 1.83. The molecule has 0 aliphatic carbocycles. The molecule has 4 rings (SSSR count). The van der Waals surface area contributed by atoms with Gasteiger partial charge in [0.15, 0.2) is 0 Å². The number of carbonyl (C=O) groups is 1. The fraction of sp³-hybridized carbons (Fsp3) is 0.238. The molecule has 0 fully saturated rings. The molecule has 0 unspecified atom stereocenters. The van der Waals surface area contributed by atoms with Crippen LogP contribution in [0.25, 0.3) is 27.8 Å². The first-order chi connectivity index (χ1) is 13.5. The van der Waals surface area contributed by atoms with Gasteiger partial charge in [-0.3, -0.25) is 9.36 Å². The molecule has 28 heavy (non-hydrogen) atoms. The van der Waals surface area contributed by atoms with Crippen LogP contribution < -0.4 is 5.32 Å². The molecule has 0 bridgehead atoms. The molecule has 0 spiro atoms. The quantitative estimate of drug-likeness (QED) is 0.581. The van der Waals surface area contributed by atoms with Crippen LogP contribution in [0.5, 0.6) is 0 Å². The predicted octanol–water partition coefficient (Wildman–Crippen LogP) is 2.57. The summed E-state index contributed by atoms with van der Waals surface area (Å²) in [6.45, 7) is 3.32. The molecule has 0 radical (unpaired) electrons. The van der Waals surface area contributed by atoms with Gasteiger partial charge in [-0.15, -0.1) is 10.2 Å². The van der Waals surface area contributed by atoms with Crippen LogP contribution in [-0.2, 0) is 0 Å². The Kier molecular flexibility index (Phi) is 4.75. The Morgan fingerprint density at radius 2 is 1.89 bits per heavy atom. The van der Waals surface area contributed by atoms with Crippen molar-refractivity contribution in [3.05, 3.63) is 59.9 Å². The van der Waals surface area contributed by atoms with Gasteiger partial charge in [-0.2, -0.15) is 0 Å². The monoisotopic (exact) mass is 374 g/mol. The number of carbonyl (C=O) groups excluding carboxylic acids is 1. The highest BCUT2D eigenvalue weighted by atomic mass is 16.1. The number of aromatic nitrogens is 4. The number of nitrogens with zero attached hydrogens (tertiary/aromatic N) is 5. The lowest BCUT2D eigenvalue weighted by Gasteiger charge is -2.11. The molecule has 1 N–H and O–H groups in total. The summed E-state index contributed by atoms with van der Waals surface area (Å²) < 4.78 is 2.06. The van der Waals surface area contributed by atoms with E-state index < -0.39 is 0 Å². The number of hydrogen-bond donors (Lipinski definition) is 1. The molecule has 0 saturated carbocycles. The summed E-state index contributed by atoms with van der Waals surface area (Å²) in [4.78, 5) is 19.2. The van der Waals surface area contributed by atoms with E-state index >= 15 is 0 Å². The van der Waals surface area contributed by atoms with Gasteiger partial charge in [-0.05, 0) is 51.4 Å². The van der Waals surface area contributed by atoms with Crippen LogP contribution in [-0.4, -0.2) is 57.7 Å². The third-order valence-corrected chi connectivity index (χ3v) is 4.65. The molecule has 4 aromatic rings. The maximum absolute atomic E-state index is 12.6. The van der Waals surface area contributed by atoms with Crippen molar-refractivity contribution in [2.45, 2.75) is 6.92 Å². The van der Waals surface area contributed by atoms with Crippen molar-refractivity contribution in [2.24, 2.45) is 0 Å². The average molecular weight is 374 g/mol. The number of imidazole rings is 1. The smallest absolute Gasteiger partial charge is 0.251 e. The fourth-order valence-corrected chi connectivity index (χ4v) is 3.27. The number of benzene rings is 2. The molecule has 0 saturated heterocycles. The summed E-state index contributed by atoms with van der Waals surface area (Å²) in [5, 5.41) is 12.4. The van der Waals surface area contributed by atoms with E-state index in [1.54, 1.807) is 6.07 Å². The molecule has 142 valence electrons. The maximum atomic E-state index is 12.6. The second-order valence-electron chi connectivity index (χ2n) is 6.99. The van der Waals surface area contributed by atoms with E-state index in [1.165, 1.54) is 0 Å². The van der Waals surface area contributed by atoms with Crippen molar-refractivity contribution >= 4 is 28.0 Å². The van der Waals surface area contributed by atoms with E-state index in [1.807, 2.05) is 68.4 Å². The zero-order chi connectivity index (χ0) is 19.7. The van der Waals surface area contributed by atoms with E-state index in [0.29, 0.717) is 17.8 Å². The van der Waals surface area contributed by atoms with E-state index in [4.69, 9.17) is 0 Å². The van der Waals surface area contributed by atoms with Gasteiger partial charge < -0.3 is 10.2 Å². The zero-order valence-electron chi connectivity index (χ0n) is 16.2. The Labute approximate surface area is 163 Å². The van der Waals surface area contributed by atoms with Crippen LogP contribution in [0.2, 0.25) is 0 Å². The van der Waals surface area contributed by atoms with E-state index in [-0.39, 0.29) is 5.91 Å². The molecule has 2 aromatic carbocycles. The second-order valence-corrected chi connectivity index (χ2v) is 6.99. The lowest BCUT2D eigenvalue weighted by molar-refractivity contribution is 0.0951. The molecule has 7 heteroatoms. The molecule has 0 aliphatic heterocycles. The molecule has 7 nitrogen and oxygen atoms in total. The van der Waals surface area contributed by atoms with Crippen molar-refractivity contribution in [1.82, 2.24) is 30.0 Å². The van der Waals surface area contributed by atoms with E-state index in [9.17, 15) is 4.79 Å². The van der Waals surface area contributed by atoms with Gasteiger partial charge in [0, 0.05) is 29.7 Å². The highest BCUT2D eigenvalue weighted by molar-refractivity contribution is 6.05. The normalized spacial score (nSPS) is 11.4. The third-order valence-electron chi connectivity index (χ3n) is 4.65. The first-order valence-corrected chi connectivity index (χ1v) is 9.18. The van der Waals surface area contributed by atoms with Gasteiger partial charge in [0.2, 0.25) is 5.65 Å². The van der Waals surface area contributed by atoms with E-state index in [2.05, 4.69) is 25.1 Å². The van der Waals surface area contributed by atoms with Crippen LogP contribution >= 0.6 is 0 Å². The second kappa shape index (κ2) is 7.36. The zero-order valence-corrected chi connectivity index (χ0v) is 16.2. The summed E-state index contributed by atoms with van der Waals surface area (Å²) in [6.07, 6.45) is 0. The minimum atomic E-state index is -0.101.